The number of hydrogen-bond acceptors (Lipinski definition) is 3. The van der Waals surface area contributed by atoms with Gasteiger partial charge < -0.3 is 5.73 Å². The molecule has 0 atom stereocenters. The predicted octanol–water partition coefficient (Wildman–Crippen LogP) is 3.62. The Morgan fingerprint density at radius 1 is 1.47 bits per heavy atom. The first-order chi connectivity index (χ1) is 8.28. The van der Waals surface area contributed by atoms with Crippen molar-refractivity contribution in [1.82, 2.24) is 4.98 Å². The Kier molecular flexibility index (Phi) is 4.57. The number of nitrogens with two attached hydrogens (primary N) is 1. The van der Waals surface area contributed by atoms with Gasteiger partial charge in [0, 0.05) is 11.1 Å². The highest BCUT2D eigenvalue weighted by molar-refractivity contribution is 7.09. The molecule has 1 aliphatic carbocycles. The molecule has 2 N–H and O–H groups in total. The molecule has 3 heteroatoms. The van der Waals surface area contributed by atoms with Crippen LogP contribution in [0.25, 0.3) is 0 Å². The molecule has 0 spiro atoms. The molecule has 0 aromatic carbocycles. The van der Waals surface area contributed by atoms with Crippen LogP contribution in [-0.4, -0.2) is 11.5 Å². The van der Waals surface area contributed by atoms with Crippen molar-refractivity contribution >= 4 is 11.3 Å². The van der Waals surface area contributed by atoms with Crippen LogP contribution in [-0.2, 0) is 6.42 Å². The quantitative estimate of drug-likeness (QED) is 0.869. The maximum absolute atomic E-state index is 6.06. The summed E-state index contributed by atoms with van der Waals surface area (Å²) in [6.07, 6.45) is 11.3. The molecule has 1 fully saturated rings. The molecule has 1 aliphatic rings. The zero-order valence-electron chi connectivity index (χ0n) is 10.8. The van der Waals surface area contributed by atoms with Crippen molar-refractivity contribution < 1.29 is 0 Å². The van der Waals surface area contributed by atoms with Crippen LogP contribution in [0.15, 0.2) is 11.7 Å². The predicted molar refractivity (Wildman–Crippen MR) is 74.2 cm³/mol. The van der Waals surface area contributed by atoms with E-state index in [0.29, 0.717) is 5.41 Å². The van der Waals surface area contributed by atoms with Gasteiger partial charge in [0.1, 0.15) is 0 Å². The highest BCUT2D eigenvalue weighted by atomic mass is 32.1. The van der Waals surface area contributed by atoms with Gasteiger partial charge in [0.2, 0.25) is 0 Å². The average Bonchev–Trinajstić information content (AvgIpc) is 2.85. The van der Waals surface area contributed by atoms with E-state index < -0.39 is 0 Å². The zero-order valence-corrected chi connectivity index (χ0v) is 11.6. The first-order valence-electron chi connectivity index (χ1n) is 6.85. The van der Waals surface area contributed by atoms with Crippen molar-refractivity contribution in [3.63, 3.8) is 0 Å². The Morgan fingerprint density at radius 3 is 2.76 bits per heavy atom. The van der Waals surface area contributed by atoms with Crippen LogP contribution in [0.5, 0.6) is 0 Å². The van der Waals surface area contributed by atoms with Crippen LogP contribution >= 0.6 is 11.3 Å². The lowest BCUT2D eigenvalue weighted by molar-refractivity contribution is 0.151. The van der Waals surface area contributed by atoms with E-state index in [1.165, 1.54) is 43.4 Å². The molecule has 1 aromatic rings. The molecular formula is C14H24N2S. The molecule has 2 rings (SSSR count). The summed E-state index contributed by atoms with van der Waals surface area (Å²) < 4.78 is 0. The van der Waals surface area contributed by atoms with Crippen molar-refractivity contribution in [2.24, 2.45) is 17.1 Å². The van der Waals surface area contributed by atoms with Crippen molar-refractivity contribution in [2.45, 2.75) is 51.9 Å². The SMILES string of the molecule is CCCC1CCC(CN)(Cc2cncs2)CC1. The normalized spacial score (nSPS) is 29.4. The van der Waals surface area contributed by atoms with Crippen molar-refractivity contribution in [3.8, 4) is 0 Å². The summed E-state index contributed by atoms with van der Waals surface area (Å²) in [6, 6.07) is 0. The third-order valence-corrected chi connectivity index (χ3v) is 5.11. The highest BCUT2D eigenvalue weighted by Crippen LogP contribution is 2.42. The Bertz CT molecular complexity index is 313. The third-order valence-electron chi connectivity index (χ3n) is 4.33. The highest BCUT2D eigenvalue weighted by Gasteiger charge is 2.34. The fourth-order valence-electron chi connectivity index (χ4n) is 3.14. The number of thiazole rings is 1. The molecule has 96 valence electrons. The van der Waals surface area contributed by atoms with Crippen LogP contribution in [0.4, 0.5) is 0 Å². The topological polar surface area (TPSA) is 38.9 Å². The van der Waals surface area contributed by atoms with E-state index in [9.17, 15) is 0 Å². The maximum atomic E-state index is 6.06. The van der Waals surface area contributed by atoms with Crippen molar-refractivity contribution in [2.75, 3.05) is 6.54 Å². The van der Waals surface area contributed by atoms with E-state index >= 15 is 0 Å². The van der Waals surface area contributed by atoms with E-state index in [4.69, 9.17) is 5.73 Å². The molecule has 0 radical (unpaired) electrons. The second-order valence-corrected chi connectivity index (χ2v) is 6.55. The second kappa shape index (κ2) is 5.96. The molecule has 0 bridgehead atoms. The van der Waals surface area contributed by atoms with Gasteiger partial charge in [-0.25, -0.2) is 0 Å². The summed E-state index contributed by atoms with van der Waals surface area (Å²) in [6.45, 7) is 3.13. The molecule has 1 aromatic heterocycles. The molecule has 1 saturated carbocycles. The molecule has 0 saturated heterocycles. The lowest BCUT2D eigenvalue weighted by Gasteiger charge is -2.39. The molecular weight excluding hydrogens is 228 g/mol. The summed E-state index contributed by atoms with van der Waals surface area (Å²) in [5, 5.41) is 0. The van der Waals surface area contributed by atoms with Crippen LogP contribution < -0.4 is 5.73 Å². The van der Waals surface area contributed by atoms with E-state index in [2.05, 4.69) is 11.9 Å². The molecule has 17 heavy (non-hydrogen) atoms. The zero-order chi connectivity index (χ0) is 12.1. The Labute approximate surface area is 109 Å². The fourth-order valence-corrected chi connectivity index (χ4v) is 3.91. The largest absolute Gasteiger partial charge is 0.330 e. The lowest BCUT2D eigenvalue weighted by Crippen LogP contribution is -2.36. The average molecular weight is 252 g/mol. The van der Waals surface area contributed by atoms with E-state index in [-0.39, 0.29) is 0 Å². The Hall–Kier alpha value is -0.410. The minimum absolute atomic E-state index is 0.372. The molecule has 0 amide bonds. The van der Waals surface area contributed by atoms with Crippen LogP contribution in [0.3, 0.4) is 0 Å². The standard InChI is InChI=1S/C14H24N2S/c1-2-3-12-4-6-14(10-15,7-5-12)8-13-9-16-11-17-13/h9,11-12H,2-8,10,15H2,1H3. The van der Waals surface area contributed by atoms with Gasteiger partial charge in [0.05, 0.1) is 5.51 Å². The Morgan fingerprint density at radius 2 is 2.24 bits per heavy atom. The minimum atomic E-state index is 0.372. The van der Waals surface area contributed by atoms with Gasteiger partial charge in [0.15, 0.2) is 0 Å². The summed E-state index contributed by atoms with van der Waals surface area (Å²) in [4.78, 5) is 5.58. The number of aromatic nitrogens is 1. The lowest BCUT2D eigenvalue weighted by atomic mass is 9.67. The monoisotopic (exact) mass is 252 g/mol. The van der Waals surface area contributed by atoms with Gasteiger partial charge >= 0.3 is 0 Å². The third kappa shape index (κ3) is 3.29. The summed E-state index contributed by atoms with van der Waals surface area (Å²) >= 11 is 1.77. The van der Waals surface area contributed by atoms with Gasteiger partial charge in [-0.05, 0) is 50.0 Å². The smallest absolute Gasteiger partial charge is 0.0794 e. The number of rotatable bonds is 5. The minimum Gasteiger partial charge on any atom is -0.330 e. The number of hydrogen-bond donors (Lipinski definition) is 1. The van der Waals surface area contributed by atoms with Gasteiger partial charge in [-0.3, -0.25) is 4.98 Å². The van der Waals surface area contributed by atoms with Crippen molar-refractivity contribution in [3.05, 3.63) is 16.6 Å². The van der Waals surface area contributed by atoms with Crippen LogP contribution in [0.1, 0.15) is 50.3 Å². The van der Waals surface area contributed by atoms with Gasteiger partial charge in [-0.15, -0.1) is 11.3 Å². The van der Waals surface area contributed by atoms with Crippen LogP contribution in [0, 0.1) is 11.3 Å². The van der Waals surface area contributed by atoms with E-state index in [1.807, 2.05) is 11.7 Å². The van der Waals surface area contributed by atoms with E-state index in [1.54, 1.807) is 11.3 Å². The van der Waals surface area contributed by atoms with E-state index in [0.717, 1.165) is 18.9 Å². The molecule has 0 unspecified atom stereocenters. The maximum Gasteiger partial charge on any atom is 0.0794 e. The van der Waals surface area contributed by atoms with Gasteiger partial charge in [-0.1, -0.05) is 19.8 Å². The van der Waals surface area contributed by atoms with Crippen molar-refractivity contribution in [1.29, 1.82) is 0 Å². The molecule has 0 aliphatic heterocycles. The molecule has 2 nitrogen and oxygen atoms in total. The first kappa shape index (κ1) is 13.0. The summed E-state index contributed by atoms with van der Waals surface area (Å²) in [5.74, 6) is 0.959. The second-order valence-electron chi connectivity index (χ2n) is 5.58. The fraction of sp³-hybridized carbons (Fsp3) is 0.786. The summed E-state index contributed by atoms with van der Waals surface area (Å²) in [5.41, 5.74) is 8.36. The summed E-state index contributed by atoms with van der Waals surface area (Å²) in [7, 11) is 0. The van der Waals surface area contributed by atoms with Crippen LogP contribution in [0.2, 0.25) is 0 Å². The van der Waals surface area contributed by atoms with Gasteiger partial charge in [-0.2, -0.15) is 0 Å². The molecule has 1 heterocycles. The number of nitrogens with zero attached hydrogens (tertiary/aromatic N) is 1. The first-order valence-corrected chi connectivity index (χ1v) is 7.73. The van der Waals surface area contributed by atoms with Gasteiger partial charge in [0.25, 0.3) is 0 Å². The Balaban J connectivity index is 1.93.